The number of amides is 1. The smallest absolute Gasteiger partial charge is 0.252 e. The van der Waals surface area contributed by atoms with Crippen LogP contribution in [0.4, 0.5) is 0 Å². The monoisotopic (exact) mass is 418 g/mol. The molecule has 2 heterocycles. The van der Waals surface area contributed by atoms with Gasteiger partial charge in [-0.25, -0.2) is 8.42 Å². The Morgan fingerprint density at radius 2 is 1.89 bits per heavy atom. The molecule has 1 amide bonds. The molecule has 1 aromatic carbocycles. The van der Waals surface area contributed by atoms with Gasteiger partial charge in [-0.05, 0) is 55.4 Å². The Morgan fingerprint density at radius 1 is 1.14 bits per heavy atom. The number of nitrogens with zero attached hydrogens (tertiary/aromatic N) is 2. The van der Waals surface area contributed by atoms with Gasteiger partial charge >= 0.3 is 0 Å². The molecule has 1 saturated heterocycles. The molecular weight excluding hydrogens is 392 g/mol. The summed E-state index contributed by atoms with van der Waals surface area (Å²) in [6, 6.07) is 11.9. The fourth-order valence-electron chi connectivity index (χ4n) is 4.23. The van der Waals surface area contributed by atoms with Crippen molar-refractivity contribution in [1.82, 2.24) is 9.21 Å². The Balaban J connectivity index is 1.47. The van der Waals surface area contributed by atoms with Crippen molar-refractivity contribution >= 4 is 27.3 Å². The molecule has 150 valence electrons. The summed E-state index contributed by atoms with van der Waals surface area (Å²) in [7, 11) is -1.54. The molecule has 0 spiro atoms. The third kappa shape index (κ3) is 3.75. The molecule has 4 rings (SSSR count). The van der Waals surface area contributed by atoms with E-state index in [0.717, 1.165) is 37.0 Å². The van der Waals surface area contributed by atoms with E-state index in [4.69, 9.17) is 0 Å². The molecule has 1 aliphatic carbocycles. The number of thiophene rings is 1. The summed E-state index contributed by atoms with van der Waals surface area (Å²) in [5.41, 5.74) is 2.57. The molecule has 0 bridgehead atoms. The van der Waals surface area contributed by atoms with Crippen LogP contribution in [0, 0.1) is 0 Å². The van der Waals surface area contributed by atoms with Gasteiger partial charge in [0.2, 0.25) is 5.91 Å². The fraction of sp³-hybridized carbons (Fsp3) is 0.476. The van der Waals surface area contributed by atoms with Gasteiger partial charge in [-0.1, -0.05) is 24.3 Å². The molecule has 1 fully saturated rings. The summed E-state index contributed by atoms with van der Waals surface area (Å²) in [6.45, 7) is 1.19. The lowest BCUT2D eigenvalue weighted by atomic mass is 9.87. The van der Waals surface area contributed by atoms with E-state index in [1.807, 2.05) is 18.0 Å². The van der Waals surface area contributed by atoms with Crippen molar-refractivity contribution in [2.75, 3.05) is 20.1 Å². The summed E-state index contributed by atoms with van der Waals surface area (Å²) in [6.07, 6.45) is 5.20. The zero-order valence-electron chi connectivity index (χ0n) is 16.1. The Kier molecular flexibility index (Phi) is 5.58. The first-order valence-corrected chi connectivity index (χ1v) is 12.1. The van der Waals surface area contributed by atoms with E-state index in [-0.39, 0.29) is 18.4 Å². The molecule has 1 atom stereocenters. The summed E-state index contributed by atoms with van der Waals surface area (Å²) in [5, 5.41) is 0. The van der Waals surface area contributed by atoms with Crippen LogP contribution < -0.4 is 0 Å². The van der Waals surface area contributed by atoms with E-state index in [1.54, 1.807) is 16.4 Å². The normalized spacial score (nSPS) is 20.1. The van der Waals surface area contributed by atoms with Gasteiger partial charge < -0.3 is 4.90 Å². The third-order valence-corrected chi connectivity index (χ3v) is 9.27. The predicted octanol–water partition coefficient (Wildman–Crippen LogP) is 3.61. The number of hydrogen-bond acceptors (Lipinski definition) is 4. The predicted molar refractivity (Wildman–Crippen MR) is 111 cm³/mol. The van der Waals surface area contributed by atoms with Crippen LogP contribution in [0.5, 0.6) is 0 Å². The SMILES string of the molecule is CN(C(=O)Cc1ccc(S(=O)(=O)N2CCCC2)s1)[C@H]1CCCc2ccccc21. The van der Waals surface area contributed by atoms with E-state index in [0.29, 0.717) is 17.3 Å². The zero-order valence-corrected chi connectivity index (χ0v) is 17.8. The lowest BCUT2D eigenvalue weighted by molar-refractivity contribution is -0.131. The quantitative estimate of drug-likeness (QED) is 0.745. The van der Waals surface area contributed by atoms with Crippen LogP contribution in [0.1, 0.15) is 47.7 Å². The maximum absolute atomic E-state index is 12.9. The number of likely N-dealkylation sites (N-methyl/N-ethyl adjacent to an activating group) is 1. The molecule has 0 unspecified atom stereocenters. The first-order chi connectivity index (χ1) is 13.5. The number of aryl methyl sites for hydroxylation is 1. The van der Waals surface area contributed by atoms with Gasteiger partial charge in [0.05, 0.1) is 12.5 Å². The second kappa shape index (κ2) is 7.97. The molecule has 0 saturated carbocycles. The van der Waals surface area contributed by atoms with Gasteiger partial charge in [0.1, 0.15) is 4.21 Å². The van der Waals surface area contributed by atoms with Crippen LogP contribution in [0.25, 0.3) is 0 Å². The van der Waals surface area contributed by atoms with Crippen molar-refractivity contribution < 1.29 is 13.2 Å². The summed E-state index contributed by atoms with van der Waals surface area (Å²) in [4.78, 5) is 15.6. The highest BCUT2D eigenvalue weighted by Crippen LogP contribution is 2.34. The molecule has 0 radical (unpaired) electrons. The fourth-order valence-corrected chi connectivity index (χ4v) is 7.24. The lowest BCUT2D eigenvalue weighted by Crippen LogP contribution is -2.34. The minimum Gasteiger partial charge on any atom is -0.338 e. The van der Waals surface area contributed by atoms with Crippen molar-refractivity contribution in [3.8, 4) is 0 Å². The van der Waals surface area contributed by atoms with Crippen molar-refractivity contribution in [3.63, 3.8) is 0 Å². The average molecular weight is 419 g/mol. The highest BCUT2D eigenvalue weighted by molar-refractivity contribution is 7.91. The highest BCUT2D eigenvalue weighted by Gasteiger charge is 2.30. The number of benzene rings is 1. The second-order valence-corrected chi connectivity index (χ2v) is 11.0. The number of carbonyl (C=O) groups is 1. The van der Waals surface area contributed by atoms with Crippen LogP contribution in [-0.2, 0) is 27.7 Å². The number of sulfonamides is 1. The largest absolute Gasteiger partial charge is 0.338 e. The van der Waals surface area contributed by atoms with Crippen LogP contribution in [0.2, 0.25) is 0 Å². The summed E-state index contributed by atoms with van der Waals surface area (Å²) < 4.78 is 27.3. The molecule has 5 nitrogen and oxygen atoms in total. The van der Waals surface area contributed by atoms with Crippen molar-refractivity contribution in [2.24, 2.45) is 0 Å². The van der Waals surface area contributed by atoms with E-state index < -0.39 is 10.0 Å². The third-order valence-electron chi connectivity index (χ3n) is 5.82. The summed E-state index contributed by atoms with van der Waals surface area (Å²) >= 11 is 1.23. The maximum Gasteiger partial charge on any atom is 0.252 e. The highest BCUT2D eigenvalue weighted by atomic mass is 32.2. The van der Waals surface area contributed by atoms with Crippen molar-refractivity contribution in [2.45, 2.75) is 48.8 Å². The maximum atomic E-state index is 12.9. The summed E-state index contributed by atoms with van der Waals surface area (Å²) in [5.74, 6) is 0.0358. The zero-order chi connectivity index (χ0) is 19.7. The standard InChI is InChI=1S/C21H26N2O3S2/c1-22(19-10-6-8-16-7-2-3-9-18(16)19)20(24)15-17-11-12-21(27-17)28(25,26)23-13-4-5-14-23/h2-3,7,9,11-12,19H,4-6,8,10,13-15H2,1H3/t19-/m0/s1. The van der Waals surface area contributed by atoms with Gasteiger partial charge in [-0.15, -0.1) is 11.3 Å². The van der Waals surface area contributed by atoms with Crippen LogP contribution in [0.3, 0.4) is 0 Å². The lowest BCUT2D eigenvalue weighted by Gasteiger charge is -2.33. The topological polar surface area (TPSA) is 57.7 Å². The van der Waals surface area contributed by atoms with Gasteiger partial charge in [-0.3, -0.25) is 4.79 Å². The molecule has 28 heavy (non-hydrogen) atoms. The minimum atomic E-state index is -3.41. The molecular formula is C21H26N2O3S2. The number of hydrogen-bond donors (Lipinski definition) is 0. The second-order valence-electron chi connectivity index (χ2n) is 7.62. The van der Waals surface area contributed by atoms with Gasteiger partial charge in [0.15, 0.2) is 0 Å². The van der Waals surface area contributed by atoms with E-state index in [2.05, 4.69) is 18.2 Å². The van der Waals surface area contributed by atoms with Crippen molar-refractivity contribution in [1.29, 1.82) is 0 Å². The Labute approximate surface area is 171 Å². The van der Waals surface area contributed by atoms with E-state index in [1.165, 1.54) is 22.5 Å². The van der Waals surface area contributed by atoms with Crippen LogP contribution in [0.15, 0.2) is 40.6 Å². The average Bonchev–Trinajstić information content (AvgIpc) is 3.39. The molecule has 0 N–H and O–H groups in total. The molecule has 7 heteroatoms. The molecule has 2 aliphatic rings. The Bertz CT molecular complexity index is 962. The number of rotatable bonds is 5. The van der Waals surface area contributed by atoms with Crippen LogP contribution in [-0.4, -0.2) is 43.7 Å². The van der Waals surface area contributed by atoms with E-state index >= 15 is 0 Å². The Morgan fingerprint density at radius 3 is 2.68 bits per heavy atom. The van der Waals surface area contributed by atoms with Gasteiger partial charge in [0.25, 0.3) is 10.0 Å². The molecule has 1 aromatic heterocycles. The Hall–Kier alpha value is -1.70. The first-order valence-electron chi connectivity index (χ1n) is 9.89. The van der Waals surface area contributed by atoms with Crippen LogP contribution >= 0.6 is 11.3 Å². The first kappa shape index (κ1) is 19.6. The van der Waals surface area contributed by atoms with Gasteiger partial charge in [-0.2, -0.15) is 4.31 Å². The van der Waals surface area contributed by atoms with Gasteiger partial charge in [0, 0.05) is 25.0 Å². The minimum absolute atomic E-state index is 0.0358. The number of fused-ring (bicyclic) bond motifs is 1. The van der Waals surface area contributed by atoms with Crippen molar-refractivity contribution in [3.05, 3.63) is 52.4 Å². The molecule has 2 aromatic rings. The number of carbonyl (C=O) groups excluding carboxylic acids is 1. The molecule has 1 aliphatic heterocycles. The van der Waals surface area contributed by atoms with E-state index in [9.17, 15) is 13.2 Å².